The molecule has 0 bridgehead atoms. The van der Waals surface area contributed by atoms with Gasteiger partial charge in [0.05, 0.1) is 18.4 Å². The van der Waals surface area contributed by atoms with E-state index in [0.29, 0.717) is 18.9 Å². The van der Waals surface area contributed by atoms with Gasteiger partial charge < -0.3 is 15.1 Å². The number of hydrogen-bond donors (Lipinski definition) is 1. The predicted octanol–water partition coefficient (Wildman–Crippen LogP) is 2.78. The number of hydrogen-bond acceptors (Lipinski definition) is 5. The zero-order valence-electron chi connectivity index (χ0n) is 13.3. The molecule has 22 heavy (non-hydrogen) atoms. The second-order valence-electron chi connectivity index (χ2n) is 5.84. The Balaban J connectivity index is 1.86. The third-order valence-electron chi connectivity index (χ3n) is 3.73. The second kappa shape index (κ2) is 7.56. The first-order valence-corrected chi connectivity index (χ1v) is 8.32. The molecule has 0 aliphatic rings. The molecular weight excluding hydrogens is 298 g/mol. The van der Waals surface area contributed by atoms with Crippen molar-refractivity contribution >= 4 is 17.2 Å². The van der Waals surface area contributed by atoms with Crippen LogP contribution in [0.5, 0.6) is 0 Å². The standard InChI is InChI=1S/C16H23N3O2S/c1-11(2)14(17)4-6-19(3)15(20)8-13-10-22-16(18-13)12-5-7-21-9-12/h5,7,9-11,14H,4,6,8,17H2,1-3H3. The highest BCUT2D eigenvalue weighted by Crippen LogP contribution is 2.24. The number of carbonyl (C=O) groups excluding carboxylic acids is 1. The molecule has 5 nitrogen and oxygen atoms in total. The van der Waals surface area contributed by atoms with Crippen LogP contribution < -0.4 is 5.73 Å². The number of carbonyl (C=O) groups is 1. The molecule has 2 aromatic heterocycles. The molecule has 0 spiro atoms. The van der Waals surface area contributed by atoms with Crippen molar-refractivity contribution in [3.8, 4) is 10.6 Å². The summed E-state index contributed by atoms with van der Waals surface area (Å²) in [5, 5.41) is 2.80. The maximum Gasteiger partial charge on any atom is 0.228 e. The van der Waals surface area contributed by atoms with Crippen LogP contribution in [-0.2, 0) is 11.2 Å². The molecule has 0 aliphatic heterocycles. The van der Waals surface area contributed by atoms with E-state index in [1.165, 1.54) is 11.3 Å². The minimum atomic E-state index is 0.0694. The molecule has 2 heterocycles. The first kappa shape index (κ1) is 16.7. The molecule has 120 valence electrons. The van der Waals surface area contributed by atoms with Gasteiger partial charge in [0, 0.05) is 30.6 Å². The first-order valence-electron chi connectivity index (χ1n) is 7.44. The van der Waals surface area contributed by atoms with Gasteiger partial charge in [-0.05, 0) is 18.4 Å². The summed E-state index contributed by atoms with van der Waals surface area (Å²) < 4.78 is 5.05. The Morgan fingerprint density at radius 1 is 1.50 bits per heavy atom. The Hall–Kier alpha value is -1.66. The molecule has 2 N–H and O–H groups in total. The number of thiazole rings is 1. The van der Waals surface area contributed by atoms with Gasteiger partial charge in [-0.25, -0.2) is 4.98 Å². The van der Waals surface area contributed by atoms with Crippen LogP contribution in [0.15, 0.2) is 28.4 Å². The molecule has 1 atom stereocenters. The molecule has 0 saturated heterocycles. The van der Waals surface area contributed by atoms with Gasteiger partial charge in [-0.2, -0.15) is 0 Å². The van der Waals surface area contributed by atoms with Crippen LogP contribution in [0, 0.1) is 5.92 Å². The third kappa shape index (κ3) is 4.42. The fourth-order valence-electron chi connectivity index (χ4n) is 2.00. The quantitative estimate of drug-likeness (QED) is 0.851. The van der Waals surface area contributed by atoms with E-state index in [0.717, 1.165) is 22.7 Å². The summed E-state index contributed by atoms with van der Waals surface area (Å²) in [6, 6.07) is 1.99. The summed E-state index contributed by atoms with van der Waals surface area (Å²) in [5.41, 5.74) is 7.76. The molecule has 6 heteroatoms. The minimum absolute atomic E-state index is 0.0694. The smallest absolute Gasteiger partial charge is 0.228 e. The second-order valence-corrected chi connectivity index (χ2v) is 6.70. The average molecular weight is 321 g/mol. The van der Waals surface area contributed by atoms with Crippen LogP contribution >= 0.6 is 11.3 Å². The number of aromatic nitrogens is 1. The summed E-state index contributed by atoms with van der Waals surface area (Å²) in [6.07, 6.45) is 4.41. The van der Waals surface area contributed by atoms with Crippen molar-refractivity contribution in [3.63, 3.8) is 0 Å². The molecule has 0 radical (unpaired) electrons. The lowest BCUT2D eigenvalue weighted by molar-refractivity contribution is -0.129. The summed E-state index contributed by atoms with van der Waals surface area (Å²) in [5.74, 6) is 0.500. The largest absolute Gasteiger partial charge is 0.472 e. The Morgan fingerprint density at radius 2 is 2.27 bits per heavy atom. The summed E-state index contributed by atoms with van der Waals surface area (Å²) >= 11 is 1.52. The van der Waals surface area contributed by atoms with Crippen LogP contribution in [0.1, 0.15) is 26.0 Å². The molecule has 0 aromatic carbocycles. The number of nitrogens with zero attached hydrogens (tertiary/aromatic N) is 2. The minimum Gasteiger partial charge on any atom is -0.472 e. The van der Waals surface area contributed by atoms with Gasteiger partial charge >= 0.3 is 0 Å². The number of amides is 1. The molecule has 2 aromatic rings. The van der Waals surface area contributed by atoms with E-state index >= 15 is 0 Å². The Kier molecular flexibility index (Phi) is 5.74. The molecule has 1 amide bonds. The van der Waals surface area contributed by atoms with Crippen molar-refractivity contribution < 1.29 is 9.21 Å². The highest BCUT2D eigenvalue weighted by molar-refractivity contribution is 7.13. The summed E-state index contributed by atoms with van der Waals surface area (Å²) in [4.78, 5) is 18.4. The van der Waals surface area contributed by atoms with Gasteiger partial charge in [0.25, 0.3) is 0 Å². The van der Waals surface area contributed by atoms with Gasteiger partial charge in [-0.1, -0.05) is 13.8 Å². The van der Waals surface area contributed by atoms with Crippen LogP contribution in [0.3, 0.4) is 0 Å². The number of furan rings is 1. The number of rotatable bonds is 7. The number of nitrogens with two attached hydrogens (primary N) is 1. The van der Waals surface area contributed by atoms with E-state index in [1.54, 1.807) is 17.4 Å². The zero-order valence-corrected chi connectivity index (χ0v) is 14.1. The zero-order chi connectivity index (χ0) is 16.1. The van der Waals surface area contributed by atoms with Crippen molar-refractivity contribution in [1.29, 1.82) is 0 Å². The van der Waals surface area contributed by atoms with E-state index in [4.69, 9.17) is 10.2 Å². The fraction of sp³-hybridized carbons (Fsp3) is 0.500. The maximum absolute atomic E-state index is 12.2. The maximum atomic E-state index is 12.2. The Morgan fingerprint density at radius 3 is 2.91 bits per heavy atom. The molecule has 0 saturated carbocycles. The van der Waals surface area contributed by atoms with Gasteiger partial charge in [-0.3, -0.25) is 4.79 Å². The Bertz CT molecular complexity index is 592. The van der Waals surface area contributed by atoms with E-state index in [1.807, 2.05) is 18.5 Å². The van der Waals surface area contributed by atoms with E-state index < -0.39 is 0 Å². The van der Waals surface area contributed by atoms with Crippen LogP contribution in [0.2, 0.25) is 0 Å². The summed E-state index contributed by atoms with van der Waals surface area (Å²) in [7, 11) is 1.82. The topological polar surface area (TPSA) is 72.4 Å². The lowest BCUT2D eigenvalue weighted by atomic mass is 10.0. The normalized spacial score (nSPS) is 12.6. The Labute approximate surface area is 135 Å². The van der Waals surface area contributed by atoms with E-state index in [2.05, 4.69) is 18.8 Å². The van der Waals surface area contributed by atoms with Crippen molar-refractivity contribution in [2.45, 2.75) is 32.7 Å². The summed E-state index contributed by atoms with van der Waals surface area (Å²) in [6.45, 7) is 4.87. The van der Waals surface area contributed by atoms with Crippen LogP contribution in [0.4, 0.5) is 0 Å². The SMILES string of the molecule is CC(C)C(N)CCN(C)C(=O)Cc1csc(-c2ccoc2)n1. The van der Waals surface area contributed by atoms with E-state index in [-0.39, 0.29) is 11.9 Å². The monoisotopic (exact) mass is 321 g/mol. The van der Waals surface area contributed by atoms with E-state index in [9.17, 15) is 4.79 Å². The first-order chi connectivity index (χ1) is 10.5. The average Bonchev–Trinajstić information content (AvgIpc) is 3.14. The van der Waals surface area contributed by atoms with Gasteiger partial charge in [0.2, 0.25) is 5.91 Å². The van der Waals surface area contributed by atoms with Crippen LogP contribution in [0.25, 0.3) is 10.6 Å². The fourth-order valence-corrected chi connectivity index (χ4v) is 2.80. The van der Waals surface area contributed by atoms with Crippen molar-refractivity contribution in [2.75, 3.05) is 13.6 Å². The molecule has 0 aliphatic carbocycles. The van der Waals surface area contributed by atoms with Crippen molar-refractivity contribution in [3.05, 3.63) is 29.7 Å². The number of likely N-dealkylation sites (N-methyl/N-ethyl adjacent to an activating group) is 1. The van der Waals surface area contributed by atoms with Crippen molar-refractivity contribution in [1.82, 2.24) is 9.88 Å². The highest BCUT2D eigenvalue weighted by Gasteiger charge is 2.15. The van der Waals surface area contributed by atoms with Gasteiger partial charge in [0.15, 0.2) is 0 Å². The predicted molar refractivity (Wildman–Crippen MR) is 88.6 cm³/mol. The van der Waals surface area contributed by atoms with Gasteiger partial charge in [0.1, 0.15) is 11.3 Å². The highest BCUT2D eigenvalue weighted by atomic mass is 32.1. The van der Waals surface area contributed by atoms with Gasteiger partial charge in [-0.15, -0.1) is 11.3 Å². The molecule has 2 rings (SSSR count). The van der Waals surface area contributed by atoms with Crippen molar-refractivity contribution in [2.24, 2.45) is 11.7 Å². The lowest BCUT2D eigenvalue weighted by Crippen LogP contribution is -2.35. The third-order valence-corrected chi connectivity index (χ3v) is 4.67. The molecule has 0 fully saturated rings. The molecular formula is C16H23N3O2S. The van der Waals surface area contributed by atoms with Crippen LogP contribution in [-0.4, -0.2) is 35.4 Å². The lowest BCUT2D eigenvalue weighted by Gasteiger charge is -2.21. The molecule has 1 unspecified atom stereocenters.